The number of benzene rings is 1. The highest BCUT2D eigenvalue weighted by Crippen LogP contribution is 2.63. The summed E-state index contributed by atoms with van der Waals surface area (Å²) in [6, 6.07) is 5.44. The van der Waals surface area contributed by atoms with E-state index in [9.17, 15) is 18.3 Å². The zero-order chi connectivity index (χ0) is 18.3. The second-order valence-electron chi connectivity index (χ2n) is 8.79. The van der Waals surface area contributed by atoms with Crippen molar-refractivity contribution in [2.24, 2.45) is 28.3 Å². The minimum Gasteiger partial charge on any atom is -0.508 e. The van der Waals surface area contributed by atoms with E-state index in [1.807, 2.05) is 12.1 Å². The van der Waals surface area contributed by atoms with Gasteiger partial charge in [0.2, 0.25) is 0 Å². The van der Waals surface area contributed by atoms with Crippen LogP contribution in [0.15, 0.2) is 23.3 Å². The quantitative estimate of drug-likeness (QED) is 0.718. The molecule has 0 bridgehead atoms. The third-order valence-electron chi connectivity index (χ3n) is 7.73. The number of aryl methyl sites for hydroxylation is 1. The van der Waals surface area contributed by atoms with Gasteiger partial charge in [0.15, 0.2) is 0 Å². The maximum Gasteiger partial charge on any atom is 0.431 e. The molecule has 2 N–H and O–H groups in total. The first-order valence-corrected chi connectivity index (χ1v) is 9.51. The van der Waals surface area contributed by atoms with Crippen LogP contribution in [0.3, 0.4) is 0 Å². The average Bonchev–Trinajstić information content (AvgIpc) is 3.12. The summed E-state index contributed by atoms with van der Waals surface area (Å²) in [4.78, 5) is 0. The standard InChI is InChI=1S/C20H23F3N2O/c1-19-7-6-13-12-5-3-11(26)8-10(12)2-4-14(13)16(19)9-15-17(19)24-25-18(15)20(21,22)23/h3,5,8,13-17,24,26H,2,4,6-7,9H2,1H3. The molecule has 26 heavy (non-hydrogen) atoms. The van der Waals surface area contributed by atoms with Crippen LogP contribution >= 0.6 is 0 Å². The number of hydrogen-bond donors (Lipinski definition) is 2. The fourth-order valence-electron chi connectivity index (χ4n) is 6.62. The van der Waals surface area contributed by atoms with E-state index in [4.69, 9.17) is 0 Å². The Morgan fingerprint density at radius 1 is 1.23 bits per heavy atom. The fourth-order valence-corrected chi connectivity index (χ4v) is 6.62. The number of alkyl halides is 3. The minimum absolute atomic E-state index is 0.128. The highest BCUT2D eigenvalue weighted by atomic mass is 19.4. The van der Waals surface area contributed by atoms with Crippen molar-refractivity contribution in [1.82, 2.24) is 5.43 Å². The Morgan fingerprint density at radius 2 is 2.04 bits per heavy atom. The highest BCUT2D eigenvalue weighted by Gasteiger charge is 2.63. The van der Waals surface area contributed by atoms with Crippen LogP contribution in [0.4, 0.5) is 13.2 Å². The first kappa shape index (κ1) is 16.5. The zero-order valence-electron chi connectivity index (χ0n) is 14.7. The molecule has 0 spiro atoms. The zero-order valence-corrected chi connectivity index (χ0v) is 14.7. The van der Waals surface area contributed by atoms with E-state index in [-0.39, 0.29) is 11.5 Å². The maximum atomic E-state index is 13.4. The van der Waals surface area contributed by atoms with E-state index in [0.29, 0.717) is 29.9 Å². The summed E-state index contributed by atoms with van der Waals surface area (Å²) in [6.45, 7) is 2.17. The molecular weight excluding hydrogens is 341 g/mol. The molecule has 1 heterocycles. The van der Waals surface area contributed by atoms with E-state index in [2.05, 4.69) is 17.5 Å². The second kappa shape index (κ2) is 5.17. The van der Waals surface area contributed by atoms with Gasteiger partial charge < -0.3 is 10.5 Å². The lowest BCUT2D eigenvalue weighted by molar-refractivity contribution is -0.0623. The van der Waals surface area contributed by atoms with Crippen LogP contribution < -0.4 is 5.43 Å². The third-order valence-corrected chi connectivity index (χ3v) is 7.73. The molecule has 6 atom stereocenters. The minimum atomic E-state index is -4.34. The summed E-state index contributed by atoms with van der Waals surface area (Å²) in [5.41, 5.74) is 4.66. The molecule has 1 aromatic carbocycles. The molecule has 140 valence electrons. The summed E-state index contributed by atoms with van der Waals surface area (Å²) < 4.78 is 40.1. The number of hydrogen-bond acceptors (Lipinski definition) is 3. The van der Waals surface area contributed by atoms with Crippen LogP contribution in [0.25, 0.3) is 0 Å². The van der Waals surface area contributed by atoms with Gasteiger partial charge in [-0.15, -0.1) is 0 Å². The largest absolute Gasteiger partial charge is 0.508 e. The summed E-state index contributed by atoms with van der Waals surface area (Å²) in [5, 5.41) is 13.5. The van der Waals surface area contributed by atoms with Crippen LogP contribution in [0.5, 0.6) is 5.75 Å². The van der Waals surface area contributed by atoms with E-state index in [1.54, 1.807) is 6.07 Å². The van der Waals surface area contributed by atoms with E-state index < -0.39 is 17.8 Å². The van der Waals surface area contributed by atoms with Gasteiger partial charge in [-0.25, -0.2) is 0 Å². The second-order valence-corrected chi connectivity index (χ2v) is 8.79. The average molecular weight is 364 g/mol. The Balaban J connectivity index is 1.48. The lowest BCUT2D eigenvalue weighted by Crippen LogP contribution is -2.47. The van der Waals surface area contributed by atoms with Crippen LogP contribution in [-0.2, 0) is 6.42 Å². The van der Waals surface area contributed by atoms with Crippen LogP contribution in [0, 0.1) is 23.2 Å². The number of fused-ring (bicyclic) bond motifs is 7. The third kappa shape index (κ3) is 2.10. The maximum absolute atomic E-state index is 13.4. The molecule has 6 heteroatoms. The fraction of sp³-hybridized carbons (Fsp3) is 0.650. The molecule has 0 amide bonds. The van der Waals surface area contributed by atoms with Crippen molar-refractivity contribution in [3.63, 3.8) is 0 Å². The Bertz CT molecular complexity index is 790. The highest BCUT2D eigenvalue weighted by molar-refractivity contribution is 5.94. The van der Waals surface area contributed by atoms with Crippen molar-refractivity contribution in [1.29, 1.82) is 0 Å². The van der Waals surface area contributed by atoms with Crippen molar-refractivity contribution in [3.05, 3.63) is 29.3 Å². The molecule has 1 aliphatic heterocycles. The molecule has 4 aliphatic rings. The predicted molar refractivity (Wildman–Crippen MR) is 92.0 cm³/mol. The lowest BCUT2D eigenvalue weighted by atomic mass is 9.55. The van der Waals surface area contributed by atoms with Crippen LogP contribution in [0.1, 0.15) is 49.7 Å². The molecular formula is C20H23F3N2O. The van der Waals surface area contributed by atoms with Gasteiger partial charge in [0.05, 0.1) is 6.04 Å². The molecule has 0 aromatic heterocycles. The molecule has 3 aliphatic carbocycles. The van der Waals surface area contributed by atoms with Crippen molar-refractivity contribution in [2.75, 3.05) is 0 Å². The Morgan fingerprint density at radius 3 is 2.81 bits per heavy atom. The van der Waals surface area contributed by atoms with E-state index in [0.717, 1.165) is 25.7 Å². The molecule has 0 saturated heterocycles. The van der Waals surface area contributed by atoms with Gasteiger partial charge in [0.25, 0.3) is 0 Å². The van der Waals surface area contributed by atoms with Crippen LogP contribution in [0.2, 0.25) is 0 Å². The smallest absolute Gasteiger partial charge is 0.431 e. The summed E-state index contributed by atoms with van der Waals surface area (Å²) >= 11 is 0. The Labute approximate surface area is 150 Å². The van der Waals surface area contributed by atoms with E-state index >= 15 is 0 Å². The van der Waals surface area contributed by atoms with Crippen molar-refractivity contribution >= 4 is 5.71 Å². The number of rotatable bonds is 0. The number of hydrazone groups is 1. The SMILES string of the molecule is CC12CCC3c4ccc(O)cc4CCC3C1CC1C(C(F)(F)F)=NNC12. The predicted octanol–water partition coefficient (Wildman–Crippen LogP) is 4.36. The molecule has 5 rings (SSSR count). The normalized spacial score (nSPS) is 40.8. The van der Waals surface area contributed by atoms with Gasteiger partial charge >= 0.3 is 6.18 Å². The van der Waals surface area contributed by atoms with Crippen molar-refractivity contribution < 1.29 is 18.3 Å². The monoisotopic (exact) mass is 364 g/mol. The van der Waals surface area contributed by atoms with Gasteiger partial charge in [0, 0.05) is 5.92 Å². The van der Waals surface area contributed by atoms with Gasteiger partial charge in [-0.05, 0) is 78.5 Å². The first-order chi connectivity index (χ1) is 12.3. The topological polar surface area (TPSA) is 44.6 Å². The summed E-state index contributed by atoms with van der Waals surface area (Å²) in [7, 11) is 0. The Hall–Kier alpha value is -1.72. The first-order valence-electron chi connectivity index (χ1n) is 9.51. The molecule has 2 fully saturated rings. The summed E-state index contributed by atoms with van der Waals surface area (Å²) in [5.74, 6) is 0.909. The molecule has 0 radical (unpaired) electrons. The van der Waals surface area contributed by atoms with Crippen molar-refractivity contribution in [2.45, 2.75) is 57.2 Å². The van der Waals surface area contributed by atoms with E-state index in [1.165, 1.54) is 11.1 Å². The number of aromatic hydroxyl groups is 1. The molecule has 2 saturated carbocycles. The number of halogens is 3. The van der Waals surface area contributed by atoms with Gasteiger partial charge in [-0.3, -0.25) is 0 Å². The number of phenols is 1. The number of phenolic OH excluding ortho intramolecular Hbond substituents is 1. The number of nitrogens with one attached hydrogen (secondary N) is 1. The lowest BCUT2D eigenvalue weighted by Gasteiger charge is -2.50. The van der Waals surface area contributed by atoms with Gasteiger partial charge in [0.1, 0.15) is 11.5 Å². The molecule has 1 aromatic rings. The molecule has 6 unspecified atom stereocenters. The van der Waals surface area contributed by atoms with Gasteiger partial charge in [-0.1, -0.05) is 13.0 Å². The summed E-state index contributed by atoms with van der Waals surface area (Å²) in [6.07, 6.45) is 0.0723. The van der Waals surface area contributed by atoms with Crippen LogP contribution in [-0.4, -0.2) is 23.0 Å². The molecule has 3 nitrogen and oxygen atoms in total. The van der Waals surface area contributed by atoms with Crippen molar-refractivity contribution in [3.8, 4) is 5.75 Å². The Kier molecular flexibility index (Phi) is 3.27. The number of nitrogens with zero attached hydrogens (tertiary/aromatic N) is 1. The van der Waals surface area contributed by atoms with Gasteiger partial charge in [-0.2, -0.15) is 18.3 Å².